The van der Waals surface area contributed by atoms with Crippen LogP contribution < -0.4 is 0 Å². The van der Waals surface area contributed by atoms with Gasteiger partial charge in [-0.3, -0.25) is 4.79 Å². The molecule has 1 fully saturated rings. The van der Waals surface area contributed by atoms with Crippen molar-refractivity contribution in [3.63, 3.8) is 0 Å². The number of rotatable bonds is 3. The number of hydrogen-bond acceptors (Lipinski definition) is 2. The first kappa shape index (κ1) is 13.1. The maximum absolute atomic E-state index is 12.3. The van der Waals surface area contributed by atoms with Crippen LogP contribution in [-0.2, 0) is 11.3 Å². The van der Waals surface area contributed by atoms with Crippen LogP contribution in [0.15, 0.2) is 30.3 Å². The van der Waals surface area contributed by atoms with Crippen molar-refractivity contribution in [1.82, 2.24) is 4.90 Å². The maximum atomic E-state index is 12.3. The van der Waals surface area contributed by atoms with Crippen molar-refractivity contribution in [3.05, 3.63) is 35.9 Å². The lowest BCUT2D eigenvalue weighted by Crippen LogP contribution is -2.51. The number of aliphatic hydroxyl groups excluding tert-OH is 1. The van der Waals surface area contributed by atoms with Gasteiger partial charge in [-0.25, -0.2) is 0 Å². The van der Waals surface area contributed by atoms with Gasteiger partial charge in [-0.2, -0.15) is 0 Å². The van der Waals surface area contributed by atoms with Crippen LogP contribution in [0.25, 0.3) is 0 Å². The summed E-state index contributed by atoms with van der Waals surface area (Å²) in [7, 11) is 0. The van der Waals surface area contributed by atoms with Gasteiger partial charge in [0, 0.05) is 12.6 Å². The first-order chi connectivity index (χ1) is 8.63. The molecule has 1 aromatic carbocycles. The number of hydrogen-bond donors (Lipinski definition) is 1. The molecule has 0 aliphatic carbocycles. The summed E-state index contributed by atoms with van der Waals surface area (Å²) < 4.78 is 0. The number of carbonyl (C=O) groups is 1. The number of benzene rings is 1. The van der Waals surface area contributed by atoms with E-state index >= 15 is 0 Å². The normalized spacial score (nSPS) is 28.5. The van der Waals surface area contributed by atoms with Crippen molar-refractivity contribution in [1.29, 1.82) is 0 Å². The molecule has 0 aromatic heterocycles. The topological polar surface area (TPSA) is 40.5 Å². The lowest BCUT2D eigenvalue weighted by molar-refractivity contribution is -0.149. The zero-order chi connectivity index (χ0) is 13.1. The smallest absolute Gasteiger partial charge is 0.228 e. The van der Waals surface area contributed by atoms with E-state index in [1.165, 1.54) is 0 Å². The summed E-state index contributed by atoms with van der Waals surface area (Å²) in [5.41, 5.74) is 1.14. The minimum atomic E-state index is -0.482. The lowest BCUT2D eigenvalue weighted by atomic mass is 9.87. The molecule has 1 saturated heterocycles. The van der Waals surface area contributed by atoms with Crippen molar-refractivity contribution in [2.45, 2.75) is 45.4 Å². The Bertz CT molecular complexity index is 404. The molecule has 0 bridgehead atoms. The van der Waals surface area contributed by atoms with E-state index in [0.29, 0.717) is 19.4 Å². The Labute approximate surface area is 108 Å². The average molecular weight is 247 g/mol. The second-order valence-corrected chi connectivity index (χ2v) is 5.12. The van der Waals surface area contributed by atoms with Crippen LogP contribution in [0.4, 0.5) is 0 Å². The molecular formula is C15H21NO2. The minimum Gasteiger partial charge on any atom is -0.392 e. The monoisotopic (exact) mass is 247 g/mol. The molecule has 0 radical (unpaired) electrons. The van der Waals surface area contributed by atoms with Crippen LogP contribution in [0, 0.1) is 5.92 Å². The molecule has 0 saturated carbocycles. The van der Waals surface area contributed by atoms with Gasteiger partial charge < -0.3 is 10.0 Å². The van der Waals surface area contributed by atoms with E-state index < -0.39 is 6.10 Å². The fraction of sp³-hybridized carbons (Fsp3) is 0.533. The summed E-state index contributed by atoms with van der Waals surface area (Å²) in [6.07, 6.45) is 0.902. The number of aliphatic hydroxyl groups is 1. The van der Waals surface area contributed by atoms with Gasteiger partial charge in [-0.1, -0.05) is 37.3 Å². The molecule has 1 N–H and O–H groups in total. The van der Waals surface area contributed by atoms with Gasteiger partial charge in [0.1, 0.15) is 0 Å². The Morgan fingerprint density at radius 2 is 2.00 bits per heavy atom. The average Bonchev–Trinajstić information content (AvgIpc) is 2.36. The first-order valence-corrected chi connectivity index (χ1v) is 6.66. The highest BCUT2D eigenvalue weighted by Crippen LogP contribution is 2.27. The van der Waals surface area contributed by atoms with Crippen LogP contribution >= 0.6 is 0 Å². The Balaban J connectivity index is 2.13. The molecule has 98 valence electrons. The van der Waals surface area contributed by atoms with Gasteiger partial charge in [0.25, 0.3) is 0 Å². The zero-order valence-electron chi connectivity index (χ0n) is 11.0. The fourth-order valence-corrected chi connectivity index (χ4v) is 2.70. The standard InChI is InChI=1S/C15H21NO2/c1-3-13-14(17)9-11(2)16(15(13)18)10-12-7-5-4-6-8-12/h4-8,11,13-14,17H,3,9-10H2,1-2H3/t11-,13+,14-/m0/s1. The molecule has 1 aliphatic heterocycles. The molecule has 3 nitrogen and oxygen atoms in total. The Morgan fingerprint density at radius 3 is 2.61 bits per heavy atom. The zero-order valence-corrected chi connectivity index (χ0v) is 11.0. The number of nitrogens with zero attached hydrogens (tertiary/aromatic N) is 1. The number of amides is 1. The molecule has 1 heterocycles. The van der Waals surface area contributed by atoms with Crippen molar-refractivity contribution in [2.24, 2.45) is 5.92 Å². The highest BCUT2D eigenvalue weighted by atomic mass is 16.3. The van der Waals surface area contributed by atoms with Crippen LogP contribution in [0.5, 0.6) is 0 Å². The van der Waals surface area contributed by atoms with E-state index in [1.807, 2.05) is 49.1 Å². The Morgan fingerprint density at radius 1 is 1.33 bits per heavy atom. The molecule has 2 rings (SSSR count). The van der Waals surface area contributed by atoms with Gasteiger partial charge in [-0.05, 0) is 25.3 Å². The van der Waals surface area contributed by atoms with E-state index in [1.54, 1.807) is 0 Å². The van der Waals surface area contributed by atoms with Crippen LogP contribution in [0.3, 0.4) is 0 Å². The summed E-state index contributed by atoms with van der Waals surface area (Å²) in [5, 5.41) is 9.95. The molecule has 3 atom stereocenters. The fourth-order valence-electron chi connectivity index (χ4n) is 2.70. The summed E-state index contributed by atoms with van der Waals surface area (Å²) in [4.78, 5) is 14.2. The first-order valence-electron chi connectivity index (χ1n) is 6.66. The van der Waals surface area contributed by atoms with Gasteiger partial charge in [0.15, 0.2) is 0 Å². The highest BCUT2D eigenvalue weighted by molar-refractivity contribution is 5.80. The van der Waals surface area contributed by atoms with Gasteiger partial charge in [0.2, 0.25) is 5.91 Å². The molecule has 1 aliphatic rings. The quantitative estimate of drug-likeness (QED) is 0.889. The molecule has 1 aromatic rings. The molecular weight excluding hydrogens is 226 g/mol. The van der Waals surface area contributed by atoms with Crippen LogP contribution in [-0.4, -0.2) is 28.1 Å². The van der Waals surface area contributed by atoms with E-state index in [-0.39, 0.29) is 17.9 Å². The van der Waals surface area contributed by atoms with Gasteiger partial charge in [0.05, 0.1) is 12.0 Å². The summed E-state index contributed by atoms with van der Waals surface area (Å²) >= 11 is 0. The van der Waals surface area contributed by atoms with Gasteiger partial charge >= 0.3 is 0 Å². The van der Waals surface area contributed by atoms with Crippen LogP contribution in [0.2, 0.25) is 0 Å². The van der Waals surface area contributed by atoms with Crippen LogP contribution in [0.1, 0.15) is 32.3 Å². The summed E-state index contributed by atoms with van der Waals surface area (Å²) in [6, 6.07) is 10.1. The van der Waals surface area contributed by atoms with Crippen molar-refractivity contribution in [2.75, 3.05) is 0 Å². The third-order valence-corrected chi connectivity index (χ3v) is 3.81. The van der Waals surface area contributed by atoms with Crippen molar-refractivity contribution >= 4 is 5.91 Å². The third kappa shape index (κ3) is 2.56. The lowest BCUT2D eigenvalue weighted by Gasteiger charge is -2.40. The molecule has 0 unspecified atom stereocenters. The second kappa shape index (κ2) is 5.53. The number of piperidine rings is 1. The predicted molar refractivity (Wildman–Crippen MR) is 70.9 cm³/mol. The number of likely N-dealkylation sites (tertiary alicyclic amines) is 1. The largest absolute Gasteiger partial charge is 0.392 e. The number of carbonyl (C=O) groups excluding carboxylic acids is 1. The minimum absolute atomic E-state index is 0.0904. The van der Waals surface area contributed by atoms with Crippen molar-refractivity contribution < 1.29 is 9.90 Å². The third-order valence-electron chi connectivity index (χ3n) is 3.81. The highest BCUT2D eigenvalue weighted by Gasteiger charge is 2.37. The molecule has 1 amide bonds. The van der Waals surface area contributed by atoms with E-state index in [9.17, 15) is 9.90 Å². The van der Waals surface area contributed by atoms with Crippen molar-refractivity contribution in [3.8, 4) is 0 Å². The van der Waals surface area contributed by atoms with Gasteiger partial charge in [-0.15, -0.1) is 0 Å². The molecule has 3 heteroatoms. The summed E-state index contributed by atoms with van der Waals surface area (Å²) in [6.45, 7) is 4.61. The SMILES string of the molecule is CC[C@H]1C(=O)N(Cc2ccccc2)[C@@H](C)C[C@@H]1O. The molecule has 0 spiro atoms. The summed E-state index contributed by atoms with van der Waals surface area (Å²) in [5.74, 6) is -0.141. The Hall–Kier alpha value is -1.35. The van der Waals surface area contributed by atoms with E-state index in [2.05, 4.69) is 0 Å². The second-order valence-electron chi connectivity index (χ2n) is 5.12. The Kier molecular flexibility index (Phi) is 4.02. The maximum Gasteiger partial charge on any atom is 0.228 e. The van der Waals surface area contributed by atoms with E-state index in [0.717, 1.165) is 5.56 Å². The predicted octanol–water partition coefficient (Wildman–Crippen LogP) is 2.19. The molecule has 18 heavy (non-hydrogen) atoms. The van der Waals surface area contributed by atoms with E-state index in [4.69, 9.17) is 0 Å².